The molecule has 19 heavy (non-hydrogen) atoms. The summed E-state index contributed by atoms with van der Waals surface area (Å²) in [7, 11) is 1.44. The SMILES string of the molecule is CNC(=O)Cc1c(C)c2c(F)c(F)ccc2[nH]c1=O. The highest BCUT2D eigenvalue weighted by molar-refractivity contribution is 5.86. The highest BCUT2D eigenvalue weighted by Crippen LogP contribution is 2.23. The Bertz CT molecular complexity index is 723. The molecule has 1 aromatic heterocycles. The zero-order valence-corrected chi connectivity index (χ0v) is 10.4. The van der Waals surface area contributed by atoms with E-state index in [0.29, 0.717) is 0 Å². The van der Waals surface area contributed by atoms with Gasteiger partial charge in [0.1, 0.15) is 0 Å². The quantitative estimate of drug-likeness (QED) is 0.863. The van der Waals surface area contributed by atoms with E-state index in [9.17, 15) is 18.4 Å². The van der Waals surface area contributed by atoms with E-state index in [0.717, 1.165) is 6.07 Å². The van der Waals surface area contributed by atoms with Gasteiger partial charge in [-0.05, 0) is 24.6 Å². The Balaban J connectivity index is 2.76. The van der Waals surface area contributed by atoms with E-state index >= 15 is 0 Å². The monoisotopic (exact) mass is 266 g/mol. The summed E-state index contributed by atoms with van der Waals surface area (Å²) in [5.74, 6) is -2.39. The number of aromatic nitrogens is 1. The van der Waals surface area contributed by atoms with Gasteiger partial charge in [0.15, 0.2) is 11.6 Å². The minimum atomic E-state index is -1.02. The van der Waals surface area contributed by atoms with Crippen LogP contribution in [0, 0.1) is 18.6 Å². The molecule has 0 aliphatic heterocycles. The second-order valence-corrected chi connectivity index (χ2v) is 4.19. The normalized spacial score (nSPS) is 10.7. The summed E-state index contributed by atoms with van der Waals surface area (Å²) in [6.07, 6.45) is -0.177. The number of rotatable bonds is 2. The summed E-state index contributed by atoms with van der Waals surface area (Å²) in [5.41, 5.74) is 0.150. The number of halogens is 2. The largest absolute Gasteiger partial charge is 0.359 e. The highest BCUT2D eigenvalue weighted by atomic mass is 19.2. The Kier molecular flexibility index (Phi) is 3.33. The van der Waals surface area contributed by atoms with Gasteiger partial charge in [-0.2, -0.15) is 0 Å². The number of H-pyrrole nitrogens is 1. The molecule has 2 rings (SSSR count). The minimum Gasteiger partial charge on any atom is -0.359 e. The van der Waals surface area contributed by atoms with E-state index in [1.165, 1.54) is 20.0 Å². The van der Waals surface area contributed by atoms with Crippen molar-refractivity contribution in [2.45, 2.75) is 13.3 Å². The van der Waals surface area contributed by atoms with Crippen LogP contribution in [0.15, 0.2) is 16.9 Å². The van der Waals surface area contributed by atoms with Crippen LogP contribution in [-0.2, 0) is 11.2 Å². The van der Waals surface area contributed by atoms with Gasteiger partial charge in [0, 0.05) is 18.0 Å². The lowest BCUT2D eigenvalue weighted by Gasteiger charge is -2.09. The van der Waals surface area contributed by atoms with Gasteiger partial charge in [0.2, 0.25) is 5.91 Å². The number of hydrogen-bond donors (Lipinski definition) is 2. The van der Waals surface area contributed by atoms with Crippen LogP contribution in [0.4, 0.5) is 8.78 Å². The average molecular weight is 266 g/mol. The van der Waals surface area contributed by atoms with Crippen molar-refractivity contribution in [2.75, 3.05) is 7.05 Å². The maximum Gasteiger partial charge on any atom is 0.252 e. The second kappa shape index (κ2) is 4.79. The van der Waals surface area contributed by atoms with Gasteiger partial charge in [-0.3, -0.25) is 9.59 Å². The van der Waals surface area contributed by atoms with Gasteiger partial charge < -0.3 is 10.3 Å². The Morgan fingerprint density at radius 2 is 2.05 bits per heavy atom. The topological polar surface area (TPSA) is 62.0 Å². The Morgan fingerprint density at radius 1 is 1.37 bits per heavy atom. The first-order valence-electron chi connectivity index (χ1n) is 5.65. The van der Waals surface area contributed by atoms with Gasteiger partial charge in [-0.25, -0.2) is 8.78 Å². The number of likely N-dealkylation sites (N-methyl/N-ethyl adjacent to an activating group) is 1. The maximum atomic E-state index is 13.8. The first kappa shape index (κ1) is 13.2. The molecule has 0 fully saturated rings. The van der Waals surface area contributed by atoms with Crippen molar-refractivity contribution >= 4 is 16.8 Å². The highest BCUT2D eigenvalue weighted by Gasteiger charge is 2.16. The van der Waals surface area contributed by atoms with Crippen LogP contribution in [0.2, 0.25) is 0 Å². The molecule has 1 aromatic carbocycles. The first-order chi connectivity index (χ1) is 8.95. The molecule has 0 bridgehead atoms. The lowest BCUT2D eigenvalue weighted by molar-refractivity contribution is -0.119. The van der Waals surface area contributed by atoms with Crippen LogP contribution in [-0.4, -0.2) is 17.9 Å². The molecule has 2 aromatic rings. The number of amides is 1. The smallest absolute Gasteiger partial charge is 0.252 e. The fourth-order valence-electron chi connectivity index (χ4n) is 2.00. The molecule has 2 N–H and O–H groups in total. The van der Waals surface area contributed by atoms with E-state index in [2.05, 4.69) is 10.3 Å². The van der Waals surface area contributed by atoms with Crippen molar-refractivity contribution in [2.24, 2.45) is 0 Å². The maximum absolute atomic E-state index is 13.8. The molecule has 0 unspecified atom stereocenters. The van der Waals surface area contributed by atoms with Crippen molar-refractivity contribution in [3.8, 4) is 0 Å². The third-order valence-corrected chi connectivity index (χ3v) is 3.06. The predicted octanol–water partition coefficient (Wildman–Crippen LogP) is 1.40. The summed E-state index contributed by atoms with van der Waals surface area (Å²) >= 11 is 0. The molecule has 0 aliphatic rings. The van der Waals surface area contributed by atoms with Crippen LogP contribution >= 0.6 is 0 Å². The van der Waals surface area contributed by atoms with E-state index in [4.69, 9.17) is 0 Å². The van der Waals surface area contributed by atoms with Crippen molar-refractivity contribution in [3.63, 3.8) is 0 Å². The number of benzene rings is 1. The van der Waals surface area contributed by atoms with Crippen LogP contribution in [0.1, 0.15) is 11.1 Å². The Labute approximate surface area is 107 Å². The zero-order chi connectivity index (χ0) is 14.2. The summed E-state index contributed by atoms with van der Waals surface area (Å²) in [6, 6.07) is 2.25. The van der Waals surface area contributed by atoms with E-state index in [1.54, 1.807) is 0 Å². The molecule has 1 heterocycles. The van der Waals surface area contributed by atoms with Gasteiger partial charge in [-0.15, -0.1) is 0 Å². The summed E-state index contributed by atoms with van der Waals surface area (Å²) in [6.45, 7) is 1.50. The number of carbonyl (C=O) groups is 1. The summed E-state index contributed by atoms with van der Waals surface area (Å²) in [4.78, 5) is 25.6. The van der Waals surface area contributed by atoms with Gasteiger partial charge in [0.05, 0.1) is 11.9 Å². The lowest BCUT2D eigenvalue weighted by atomic mass is 10.0. The Morgan fingerprint density at radius 3 is 2.68 bits per heavy atom. The molecule has 0 saturated carbocycles. The number of hydrogen-bond acceptors (Lipinski definition) is 2. The number of carbonyl (C=O) groups excluding carboxylic acids is 1. The molecule has 6 heteroatoms. The fraction of sp³-hybridized carbons (Fsp3) is 0.231. The fourth-order valence-corrected chi connectivity index (χ4v) is 2.00. The van der Waals surface area contributed by atoms with Crippen molar-refractivity contribution in [1.82, 2.24) is 10.3 Å². The number of aryl methyl sites for hydroxylation is 1. The number of fused-ring (bicyclic) bond motifs is 1. The van der Waals surface area contributed by atoms with Crippen LogP contribution in [0.5, 0.6) is 0 Å². The van der Waals surface area contributed by atoms with Crippen molar-refractivity contribution in [3.05, 3.63) is 45.2 Å². The third kappa shape index (κ3) is 2.21. The summed E-state index contributed by atoms with van der Waals surface area (Å²) < 4.78 is 27.0. The number of aromatic amines is 1. The molecule has 0 radical (unpaired) electrons. The molecule has 0 spiro atoms. The van der Waals surface area contributed by atoms with E-state index in [1.807, 2.05) is 0 Å². The van der Waals surface area contributed by atoms with Crippen molar-refractivity contribution in [1.29, 1.82) is 0 Å². The molecule has 0 aliphatic carbocycles. The first-order valence-corrected chi connectivity index (χ1v) is 5.65. The van der Waals surface area contributed by atoms with Gasteiger partial charge in [-0.1, -0.05) is 0 Å². The molecule has 4 nitrogen and oxygen atoms in total. The van der Waals surface area contributed by atoms with Crippen molar-refractivity contribution < 1.29 is 13.6 Å². The molecular weight excluding hydrogens is 254 g/mol. The number of nitrogens with one attached hydrogen (secondary N) is 2. The van der Waals surface area contributed by atoms with E-state index in [-0.39, 0.29) is 34.4 Å². The standard InChI is InChI=1S/C13H12F2N2O2/c1-6-7(5-10(18)16-2)13(19)17-9-4-3-8(14)12(15)11(6)9/h3-4H,5H2,1-2H3,(H,16,18)(H,17,19). The second-order valence-electron chi connectivity index (χ2n) is 4.19. The van der Waals surface area contributed by atoms with E-state index < -0.39 is 17.2 Å². The van der Waals surface area contributed by atoms with Crippen LogP contribution in [0.25, 0.3) is 10.9 Å². The molecule has 100 valence electrons. The minimum absolute atomic E-state index is 0.00139. The molecule has 0 atom stereocenters. The lowest BCUT2D eigenvalue weighted by Crippen LogP contribution is -2.25. The molecule has 1 amide bonds. The van der Waals surface area contributed by atoms with Crippen LogP contribution in [0.3, 0.4) is 0 Å². The third-order valence-electron chi connectivity index (χ3n) is 3.06. The Hall–Kier alpha value is -2.24. The average Bonchev–Trinajstić information content (AvgIpc) is 2.38. The predicted molar refractivity (Wildman–Crippen MR) is 67.0 cm³/mol. The van der Waals surface area contributed by atoms with Crippen LogP contribution < -0.4 is 10.9 Å². The summed E-state index contributed by atoms with van der Waals surface area (Å²) in [5, 5.41) is 2.38. The van der Waals surface area contributed by atoms with Gasteiger partial charge >= 0.3 is 0 Å². The van der Waals surface area contributed by atoms with Gasteiger partial charge in [0.25, 0.3) is 5.56 Å². The molecule has 0 saturated heterocycles. The number of pyridine rings is 1. The zero-order valence-electron chi connectivity index (χ0n) is 10.4. The molecular formula is C13H12F2N2O2.